The van der Waals surface area contributed by atoms with Crippen LogP contribution in [0.3, 0.4) is 0 Å². The molecule has 0 spiro atoms. The van der Waals surface area contributed by atoms with Crippen LogP contribution in [0.2, 0.25) is 0 Å². The van der Waals surface area contributed by atoms with Crippen molar-refractivity contribution in [2.24, 2.45) is 0 Å². The molecule has 35 heavy (non-hydrogen) atoms. The molecule has 2 aliphatic rings. The third-order valence-corrected chi connectivity index (χ3v) is 6.54. The van der Waals surface area contributed by atoms with Gasteiger partial charge in [0.15, 0.2) is 0 Å². The van der Waals surface area contributed by atoms with Gasteiger partial charge in [-0.3, -0.25) is 19.6 Å². The van der Waals surface area contributed by atoms with Crippen molar-refractivity contribution in [3.05, 3.63) is 59.4 Å². The molecule has 1 aromatic heterocycles. The van der Waals surface area contributed by atoms with Crippen LogP contribution in [0.15, 0.2) is 42.7 Å². The number of likely N-dealkylation sites (tertiary alicyclic amines) is 1. The Morgan fingerprint density at radius 3 is 2.60 bits per heavy atom. The Morgan fingerprint density at radius 2 is 1.86 bits per heavy atom. The number of nitrogens with zero attached hydrogens (tertiary/aromatic N) is 3. The highest BCUT2D eigenvalue weighted by molar-refractivity contribution is 5.94. The fraction of sp³-hybridized carbons (Fsp3) is 0.520. The molecule has 0 saturated carbocycles. The van der Waals surface area contributed by atoms with Crippen LogP contribution in [0.4, 0.5) is 18.9 Å². The summed E-state index contributed by atoms with van der Waals surface area (Å²) in [4.78, 5) is 20.3. The van der Waals surface area contributed by atoms with Crippen LogP contribution in [-0.4, -0.2) is 83.4 Å². The van der Waals surface area contributed by atoms with Gasteiger partial charge in [0, 0.05) is 57.7 Å². The number of alkyl halides is 3. The third kappa shape index (κ3) is 7.65. The van der Waals surface area contributed by atoms with Crippen molar-refractivity contribution < 1.29 is 23.1 Å². The Labute approximate surface area is 203 Å². The molecule has 1 fully saturated rings. The second-order valence-electron chi connectivity index (χ2n) is 9.39. The summed E-state index contributed by atoms with van der Waals surface area (Å²) in [6.45, 7) is 2.11. The maximum atomic E-state index is 12.6. The molecule has 3 N–H and O–H groups in total. The largest absolute Gasteiger partial charge is 0.401 e. The molecule has 0 bridgehead atoms. The van der Waals surface area contributed by atoms with E-state index in [1.165, 1.54) is 22.2 Å². The van der Waals surface area contributed by atoms with Gasteiger partial charge in [0.2, 0.25) is 0 Å². The van der Waals surface area contributed by atoms with Crippen molar-refractivity contribution >= 4 is 11.6 Å². The molecule has 1 aromatic carbocycles. The lowest BCUT2D eigenvalue weighted by Crippen LogP contribution is -2.43. The number of amides is 1. The smallest absolute Gasteiger partial charge is 0.390 e. The van der Waals surface area contributed by atoms with Gasteiger partial charge in [0.25, 0.3) is 5.91 Å². The highest BCUT2D eigenvalue weighted by atomic mass is 19.4. The summed E-state index contributed by atoms with van der Waals surface area (Å²) in [6.07, 6.45) is 0.294. The second kappa shape index (κ2) is 11.4. The van der Waals surface area contributed by atoms with E-state index >= 15 is 0 Å². The molecule has 1 saturated heterocycles. The fourth-order valence-corrected chi connectivity index (χ4v) is 4.75. The molecule has 190 valence electrons. The Morgan fingerprint density at radius 1 is 1.11 bits per heavy atom. The highest BCUT2D eigenvalue weighted by Crippen LogP contribution is 2.22. The van der Waals surface area contributed by atoms with Crippen molar-refractivity contribution in [1.29, 1.82) is 0 Å². The van der Waals surface area contributed by atoms with Crippen LogP contribution in [-0.2, 0) is 13.0 Å². The van der Waals surface area contributed by atoms with E-state index in [0.29, 0.717) is 43.7 Å². The molecular formula is C25H32F3N5O2. The number of carbonyl (C=O) groups excluding carboxylic acids is 1. The first-order valence-electron chi connectivity index (χ1n) is 12.0. The number of aromatic nitrogens is 1. The Hall–Kier alpha value is -2.69. The summed E-state index contributed by atoms with van der Waals surface area (Å²) in [6, 6.07) is 10.0. The van der Waals surface area contributed by atoms with E-state index in [1.54, 1.807) is 12.3 Å². The molecular weight excluding hydrogens is 459 g/mol. The molecule has 3 heterocycles. The van der Waals surface area contributed by atoms with Crippen LogP contribution >= 0.6 is 0 Å². The summed E-state index contributed by atoms with van der Waals surface area (Å²) >= 11 is 0. The zero-order valence-electron chi connectivity index (χ0n) is 19.6. The van der Waals surface area contributed by atoms with Crippen LogP contribution in [0.5, 0.6) is 0 Å². The molecule has 1 amide bonds. The van der Waals surface area contributed by atoms with Gasteiger partial charge in [-0.1, -0.05) is 24.3 Å². The lowest BCUT2D eigenvalue weighted by atomic mass is 10.00. The van der Waals surface area contributed by atoms with E-state index < -0.39 is 18.8 Å². The van der Waals surface area contributed by atoms with Gasteiger partial charge in [-0.15, -0.1) is 0 Å². The van der Waals surface area contributed by atoms with Crippen molar-refractivity contribution in [3.63, 3.8) is 0 Å². The molecule has 0 aliphatic carbocycles. The molecule has 4 rings (SSSR count). The van der Waals surface area contributed by atoms with Crippen molar-refractivity contribution in [1.82, 2.24) is 20.1 Å². The van der Waals surface area contributed by atoms with Crippen LogP contribution < -0.4 is 10.6 Å². The Kier molecular flexibility index (Phi) is 8.25. The van der Waals surface area contributed by atoms with E-state index in [2.05, 4.69) is 32.7 Å². The second-order valence-corrected chi connectivity index (χ2v) is 9.39. The zero-order valence-corrected chi connectivity index (χ0v) is 19.6. The number of piperidine rings is 1. The molecule has 10 heteroatoms. The van der Waals surface area contributed by atoms with E-state index in [4.69, 9.17) is 0 Å². The molecule has 2 aromatic rings. The summed E-state index contributed by atoms with van der Waals surface area (Å²) in [5.74, 6) is -0.329. The van der Waals surface area contributed by atoms with Gasteiger partial charge in [-0.2, -0.15) is 13.2 Å². The van der Waals surface area contributed by atoms with E-state index in [9.17, 15) is 23.1 Å². The first-order chi connectivity index (χ1) is 16.7. The predicted octanol–water partition coefficient (Wildman–Crippen LogP) is 2.67. The molecule has 7 nitrogen and oxygen atoms in total. The minimum Gasteiger partial charge on any atom is -0.390 e. The quantitative estimate of drug-likeness (QED) is 0.527. The third-order valence-electron chi connectivity index (χ3n) is 6.54. The normalized spacial score (nSPS) is 18.6. The maximum Gasteiger partial charge on any atom is 0.401 e. The molecule has 0 radical (unpaired) electrons. The number of halogens is 3. The number of anilines is 1. The SMILES string of the molecule is O=C(NC[C@H](O)CN1CCc2ccccc2C1)c1cncc(NC2CCN(CC(F)(F)F)CC2)c1. The summed E-state index contributed by atoms with van der Waals surface area (Å²) in [5, 5.41) is 16.5. The van der Waals surface area contributed by atoms with Gasteiger partial charge >= 0.3 is 6.18 Å². The molecule has 1 atom stereocenters. The number of rotatable bonds is 8. The number of hydrogen-bond acceptors (Lipinski definition) is 6. The van der Waals surface area contributed by atoms with Gasteiger partial charge in [-0.25, -0.2) is 0 Å². The number of carbonyl (C=O) groups is 1. The van der Waals surface area contributed by atoms with Gasteiger partial charge in [-0.05, 0) is 36.5 Å². The van der Waals surface area contributed by atoms with E-state index in [1.807, 2.05) is 12.1 Å². The van der Waals surface area contributed by atoms with Gasteiger partial charge in [0.05, 0.1) is 23.9 Å². The maximum absolute atomic E-state index is 12.6. The Balaban J connectivity index is 1.21. The lowest BCUT2D eigenvalue weighted by molar-refractivity contribution is -0.147. The number of nitrogens with one attached hydrogen (secondary N) is 2. The first-order valence-corrected chi connectivity index (χ1v) is 12.0. The minimum atomic E-state index is -4.18. The number of aliphatic hydroxyl groups excluding tert-OH is 1. The van der Waals surface area contributed by atoms with Crippen LogP contribution in [0.1, 0.15) is 34.3 Å². The molecule has 0 unspecified atom stereocenters. The number of benzene rings is 1. The predicted molar refractivity (Wildman–Crippen MR) is 127 cm³/mol. The minimum absolute atomic E-state index is 0.0242. The van der Waals surface area contributed by atoms with Gasteiger partial charge in [0.1, 0.15) is 0 Å². The van der Waals surface area contributed by atoms with E-state index in [-0.39, 0.29) is 18.5 Å². The van der Waals surface area contributed by atoms with Crippen LogP contribution in [0, 0.1) is 0 Å². The van der Waals surface area contributed by atoms with Crippen molar-refractivity contribution in [3.8, 4) is 0 Å². The van der Waals surface area contributed by atoms with Crippen molar-refractivity contribution in [2.75, 3.05) is 44.6 Å². The lowest BCUT2D eigenvalue weighted by Gasteiger charge is -2.33. The standard InChI is InChI=1S/C25H32F3N5O2/c26-25(27,28)17-32-9-6-21(7-10-32)31-22-11-20(12-29-13-22)24(35)30-14-23(34)16-33-8-5-18-3-1-2-4-19(18)15-33/h1-4,11-13,21,23,31,34H,5-10,14-17H2,(H,30,35)/t23-/m0/s1. The zero-order chi connectivity index (χ0) is 24.8. The van der Waals surface area contributed by atoms with Crippen LogP contribution in [0.25, 0.3) is 0 Å². The highest BCUT2D eigenvalue weighted by Gasteiger charge is 2.32. The average molecular weight is 492 g/mol. The average Bonchev–Trinajstić information content (AvgIpc) is 2.83. The fourth-order valence-electron chi connectivity index (χ4n) is 4.75. The number of aliphatic hydroxyl groups is 1. The molecule has 2 aliphatic heterocycles. The summed E-state index contributed by atoms with van der Waals surface area (Å²) in [7, 11) is 0. The Bertz CT molecular complexity index is 995. The summed E-state index contributed by atoms with van der Waals surface area (Å²) in [5.41, 5.74) is 3.64. The monoisotopic (exact) mass is 491 g/mol. The summed E-state index contributed by atoms with van der Waals surface area (Å²) < 4.78 is 37.7. The topological polar surface area (TPSA) is 80.7 Å². The first kappa shape index (κ1) is 25.4. The number of β-amino-alcohol motifs (C(OH)–C–C–N with tert-alkyl or cyclic N) is 1. The number of pyridine rings is 1. The van der Waals surface area contributed by atoms with Gasteiger partial charge < -0.3 is 15.7 Å². The van der Waals surface area contributed by atoms with Crippen molar-refractivity contribution in [2.45, 2.75) is 44.1 Å². The number of hydrogen-bond donors (Lipinski definition) is 3. The number of fused-ring (bicyclic) bond motifs is 1. The van der Waals surface area contributed by atoms with E-state index in [0.717, 1.165) is 19.5 Å².